The fourth-order valence-electron chi connectivity index (χ4n) is 3.10. The Bertz CT molecular complexity index is 737. The van der Waals surface area contributed by atoms with Crippen molar-refractivity contribution in [3.05, 3.63) is 0 Å². The van der Waals surface area contributed by atoms with Gasteiger partial charge in [0.1, 0.15) is 6.61 Å². The van der Waals surface area contributed by atoms with Gasteiger partial charge in [-0.25, -0.2) is 4.79 Å². The van der Waals surface area contributed by atoms with E-state index in [2.05, 4.69) is 19.6 Å². The number of ether oxygens (including phenoxy) is 11. The molecular weight excluding hydrogens is 644 g/mol. The number of rotatable bonds is 38. The van der Waals surface area contributed by atoms with Gasteiger partial charge in [0.25, 0.3) is 0 Å². The molecule has 0 aliphatic carbocycles. The molecule has 0 saturated carbocycles. The van der Waals surface area contributed by atoms with Gasteiger partial charge < -0.3 is 61.6 Å². The van der Waals surface area contributed by atoms with Gasteiger partial charge in [0.05, 0.1) is 145 Å². The summed E-state index contributed by atoms with van der Waals surface area (Å²) >= 11 is 0. The van der Waals surface area contributed by atoms with Crippen LogP contribution in [0.3, 0.4) is 0 Å². The van der Waals surface area contributed by atoms with E-state index in [1.54, 1.807) is 0 Å². The Hall–Kier alpha value is -1.61. The van der Waals surface area contributed by atoms with Crippen molar-refractivity contribution in [2.45, 2.75) is 32.5 Å². The predicted octanol–water partition coefficient (Wildman–Crippen LogP) is 0.981. The quantitative estimate of drug-likeness (QED) is 0.0416. The van der Waals surface area contributed by atoms with E-state index < -0.39 is 26.0 Å². The number of carbonyl (C=O) groups excluding carboxylic acids is 2. The van der Waals surface area contributed by atoms with Crippen LogP contribution in [0.1, 0.15) is 12.8 Å². The Balaban J connectivity index is 3.13. The molecular formula is C30H58O16Si. The highest BCUT2D eigenvalue weighted by Crippen LogP contribution is 2.01. The summed E-state index contributed by atoms with van der Waals surface area (Å²) in [6, 6.07) is 0. The number of esters is 1. The summed E-state index contributed by atoms with van der Waals surface area (Å²) in [5.74, 6) is -3.24. The summed E-state index contributed by atoms with van der Waals surface area (Å²) in [4.78, 5) is 32.6. The van der Waals surface area contributed by atoms with Crippen LogP contribution in [0.15, 0.2) is 0 Å². The van der Waals surface area contributed by atoms with E-state index in [0.29, 0.717) is 132 Å². The normalized spacial score (nSPS) is 11.6. The van der Waals surface area contributed by atoms with E-state index >= 15 is 0 Å². The van der Waals surface area contributed by atoms with Gasteiger partial charge in [0, 0.05) is 6.42 Å². The maximum atomic E-state index is 11.4. The molecule has 0 aromatic heterocycles. The van der Waals surface area contributed by atoms with Crippen LogP contribution in [-0.2, 0) is 70.9 Å². The van der Waals surface area contributed by atoms with Crippen molar-refractivity contribution < 1.29 is 76.0 Å². The first-order chi connectivity index (χ1) is 22.7. The number of ketones is 1. The molecule has 16 nitrogen and oxygen atoms in total. The minimum absolute atomic E-state index is 0.0144. The second kappa shape index (κ2) is 34.3. The van der Waals surface area contributed by atoms with Gasteiger partial charge in [-0.2, -0.15) is 0 Å². The minimum Gasteiger partial charge on any atom is -0.476 e. The average Bonchev–Trinajstić information content (AvgIpc) is 3.03. The number of carbonyl (C=O) groups is 3. The lowest BCUT2D eigenvalue weighted by Crippen LogP contribution is -2.27. The topological polar surface area (TPSA) is 182 Å². The van der Waals surface area contributed by atoms with Gasteiger partial charge >= 0.3 is 11.9 Å². The molecule has 0 aromatic carbocycles. The fourth-order valence-corrected chi connectivity index (χ4v) is 3.79. The molecule has 0 aromatic rings. The van der Waals surface area contributed by atoms with Crippen LogP contribution in [0.2, 0.25) is 19.6 Å². The first kappa shape index (κ1) is 45.4. The van der Waals surface area contributed by atoms with E-state index in [1.165, 1.54) is 0 Å². The molecule has 0 aliphatic heterocycles. The van der Waals surface area contributed by atoms with Gasteiger partial charge in [0.15, 0.2) is 8.32 Å². The third-order valence-corrected chi connectivity index (χ3v) is 6.47. The second-order valence-electron chi connectivity index (χ2n) is 10.5. The molecule has 0 fully saturated rings. The van der Waals surface area contributed by atoms with Gasteiger partial charge in [0.2, 0.25) is 5.78 Å². The van der Waals surface area contributed by atoms with Crippen molar-refractivity contribution >= 4 is 26.0 Å². The summed E-state index contributed by atoms with van der Waals surface area (Å²) in [5, 5.41) is 8.44. The molecule has 0 spiro atoms. The number of hydrogen-bond donors (Lipinski definition) is 1. The molecule has 0 bridgehead atoms. The smallest absolute Gasteiger partial charge is 0.372 e. The maximum absolute atomic E-state index is 11.4. The average molecular weight is 703 g/mol. The molecule has 0 atom stereocenters. The Labute approximate surface area is 279 Å². The lowest BCUT2D eigenvalue weighted by molar-refractivity contribution is -0.151. The number of hydrogen-bond acceptors (Lipinski definition) is 15. The number of carboxylic acids is 1. The highest BCUT2D eigenvalue weighted by atomic mass is 28.4. The Morgan fingerprint density at radius 2 is 0.660 bits per heavy atom. The SMILES string of the molecule is C[Si](C)(C)OCCOCCOCCOCCOCCOCCOCCOCCOCCOCCOCCOC(=O)CCC(=O)C(=O)O. The summed E-state index contributed by atoms with van der Waals surface area (Å²) < 4.78 is 64.8. The largest absolute Gasteiger partial charge is 0.476 e. The summed E-state index contributed by atoms with van der Waals surface area (Å²) in [7, 11) is -1.46. The van der Waals surface area contributed by atoms with E-state index in [9.17, 15) is 14.4 Å². The molecule has 0 saturated heterocycles. The third kappa shape index (κ3) is 38.7. The molecule has 0 aliphatic rings. The Morgan fingerprint density at radius 3 is 0.915 bits per heavy atom. The third-order valence-electron chi connectivity index (χ3n) is 5.40. The zero-order valence-electron chi connectivity index (χ0n) is 28.5. The van der Waals surface area contributed by atoms with Gasteiger partial charge in [-0.15, -0.1) is 0 Å². The summed E-state index contributed by atoms with van der Waals surface area (Å²) in [5.41, 5.74) is 0. The van der Waals surface area contributed by atoms with Crippen molar-refractivity contribution in [2.24, 2.45) is 0 Å². The lowest BCUT2D eigenvalue weighted by atomic mass is 10.2. The molecule has 17 heteroatoms. The minimum atomic E-state index is -1.56. The van der Waals surface area contributed by atoms with Crippen LogP contribution in [-0.4, -0.2) is 176 Å². The van der Waals surface area contributed by atoms with Crippen molar-refractivity contribution in [2.75, 3.05) is 145 Å². The lowest BCUT2D eigenvalue weighted by Gasteiger charge is -2.16. The molecule has 1 N–H and O–H groups in total. The highest BCUT2D eigenvalue weighted by molar-refractivity contribution is 6.69. The van der Waals surface area contributed by atoms with Crippen LogP contribution in [0.25, 0.3) is 0 Å². The van der Waals surface area contributed by atoms with Crippen molar-refractivity contribution in [1.82, 2.24) is 0 Å². The van der Waals surface area contributed by atoms with E-state index in [4.69, 9.17) is 61.6 Å². The molecule has 278 valence electrons. The zero-order valence-corrected chi connectivity index (χ0v) is 29.5. The van der Waals surface area contributed by atoms with Gasteiger partial charge in [-0.05, 0) is 19.6 Å². The van der Waals surface area contributed by atoms with Gasteiger partial charge in [-0.1, -0.05) is 0 Å². The molecule has 0 amide bonds. The van der Waals surface area contributed by atoms with E-state index in [1.807, 2.05) is 0 Å². The van der Waals surface area contributed by atoms with Crippen molar-refractivity contribution in [3.8, 4) is 0 Å². The fraction of sp³-hybridized carbons (Fsp3) is 0.900. The number of Topliss-reactive ketones (excluding diaryl/α,β-unsaturated/α-hetero) is 1. The second-order valence-corrected chi connectivity index (χ2v) is 15.0. The predicted molar refractivity (Wildman–Crippen MR) is 170 cm³/mol. The first-order valence-corrected chi connectivity index (χ1v) is 19.5. The van der Waals surface area contributed by atoms with Crippen molar-refractivity contribution in [1.29, 1.82) is 0 Å². The van der Waals surface area contributed by atoms with Crippen LogP contribution in [0, 0.1) is 0 Å². The summed E-state index contributed by atoms with van der Waals surface area (Å²) in [6.07, 6.45) is -0.659. The van der Waals surface area contributed by atoms with Crippen LogP contribution >= 0.6 is 0 Å². The summed E-state index contributed by atoms with van der Waals surface area (Å²) in [6.45, 7) is 16.2. The van der Waals surface area contributed by atoms with Crippen molar-refractivity contribution in [3.63, 3.8) is 0 Å². The monoisotopic (exact) mass is 702 g/mol. The maximum Gasteiger partial charge on any atom is 0.372 e. The van der Waals surface area contributed by atoms with E-state index in [0.717, 1.165) is 0 Å². The first-order valence-electron chi connectivity index (χ1n) is 16.1. The zero-order chi connectivity index (χ0) is 34.7. The van der Waals surface area contributed by atoms with Crippen LogP contribution < -0.4 is 0 Å². The molecule has 0 radical (unpaired) electrons. The Morgan fingerprint density at radius 1 is 0.404 bits per heavy atom. The van der Waals surface area contributed by atoms with Crippen LogP contribution in [0.4, 0.5) is 0 Å². The molecule has 0 heterocycles. The highest BCUT2D eigenvalue weighted by Gasteiger charge is 2.14. The molecule has 0 rings (SSSR count). The Kier molecular flexibility index (Phi) is 33.1. The number of carboxylic acid groups (broad SMARTS) is 1. The van der Waals surface area contributed by atoms with Gasteiger partial charge in [-0.3, -0.25) is 9.59 Å². The molecule has 47 heavy (non-hydrogen) atoms. The molecule has 0 unspecified atom stereocenters. The van der Waals surface area contributed by atoms with Crippen LogP contribution in [0.5, 0.6) is 0 Å². The standard InChI is InChI=1S/C30H58O16Si/c1-47(2,3)46-27-25-44-23-21-42-19-17-40-15-13-38-11-9-36-7-6-35-8-10-37-12-14-39-16-18-41-20-22-43-24-26-45-29(32)5-4-28(31)30(33)34/h4-27H2,1-3H3,(H,33,34). The van der Waals surface area contributed by atoms with E-state index in [-0.39, 0.29) is 26.1 Å². The number of aliphatic carboxylic acids is 1.